The maximum Gasteiger partial charge on any atom is 0.347 e. The topological polar surface area (TPSA) is 123 Å². The molecule has 0 amide bonds. The second kappa shape index (κ2) is 36.0. The summed E-state index contributed by atoms with van der Waals surface area (Å²) in [4.78, 5) is 48.8. The summed E-state index contributed by atoms with van der Waals surface area (Å²) in [6.07, 6.45) is 33.2. The van der Waals surface area contributed by atoms with Gasteiger partial charge in [-0.05, 0) is 129 Å². The molecule has 0 saturated heterocycles. The standard InChI is InChI=1S/C65H88N2O8/c1-5-8-11-14-20-25-30-52-49-66-63(67-50-52)55-38-40-57(41-39-55)71-46-27-23-19-17-16-18-21-26-31-62(68)75-61-48-59(72-47-28-22-15-12-9-6-2)44-45-60(61)65(70)74-58-42-36-54(37-43-58)53-32-34-56(35-33-53)64(69)73-51(4)29-24-13-10-7-3/h32-45,48-51H,5-31,46-47H2,1-4H3/t51-/m1/s1. The molecule has 0 unspecified atom stereocenters. The maximum atomic E-state index is 13.6. The number of rotatable bonds is 39. The van der Waals surface area contributed by atoms with Crippen molar-refractivity contribution in [2.75, 3.05) is 13.2 Å². The van der Waals surface area contributed by atoms with E-state index in [0.717, 1.165) is 112 Å². The van der Waals surface area contributed by atoms with Crippen molar-refractivity contribution >= 4 is 17.9 Å². The highest BCUT2D eigenvalue weighted by atomic mass is 16.6. The van der Waals surface area contributed by atoms with Crippen LogP contribution in [0, 0.1) is 0 Å². The van der Waals surface area contributed by atoms with E-state index in [9.17, 15) is 14.4 Å². The number of esters is 3. The van der Waals surface area contributed by atoms with Gasteiger partial charge in [-0.2, -0.15) is 0 Å². The molecule has 0 aliphatic carbocycles. The fraction of sp³-hybridized carbons (Fsp3) is 0.523. The molecule has 0 saturated carbocycles. The van der Waals surface area contributed by atoms with Gasteiger partial charge < -0.3 is 23.7 Å². The minimum Gasteiger partial charge on any atom is -0.494 e. The van der Waals surface area contributed by atoms with Gasteiger partial charge in [-0.25, -0.2) is 19.6 Å². The Bertz CT molecular complexity index is 2350. The molecule has 1 aromatic heterocycles. The number of aromatic nitrogens is 2. The molecular formula is C65H88N2O8. The highest BCUT2D eigenvalue weighted by Crippen LogP contribution is 2.30. The van der Waals surface area contributed by atoms with Gasteiger partial charge in [0, 0.05) is 30.4 Å². The van der Waals surface area contributed by atoms with Crippen molar-refractivity contribution in [3.05, 3.63) is 120 Å². The summed E-state index contributed by atoms with van der Waals surface area (Å²) in [6, 6.07) is 27.5. The third-order valence-corrected chi connectivity index (χ3v) is 13.6. The quantitative estimate of drug-likeness (QED) is 0.0213. The first kappa shape index (κ1) is 59.8. The lowest BCUT2D eigenvalue weighted by atomic mass is 10.0. The molecule has 0 aliphatic heterocycles. The Morgan fingerprint density at radius 1 is 0.467 bits per heavy atom. The summed E-state index contributed by atoms with van der Waals surface area (Å²) >= 11 is 0. The van der Waals surface area contributed by atoms with E-state index < -0.39 is 11.9 Å². The number of hydrogen-bond acceptors (Lipinski definition) is 10. The van der Waals surface area contributed by atoms with Gasteiger partial charge >= 0.3 is 17.9 Å². The van der Waals surface area contributed by atoms with Crippen molar-refractivity contribution in [1.29, 1.82) is 0 Å². The molecule has 0 spiro atoms. The first-order chi connectivity index (χ1) is 36.8. The van der Waals surface area contributed by atoms with Crippen LogP contribution >= 0.6 is 0 Å². The fourth-order valence-corrected chi connectivity index (χ4v) is 9.00. The molecule has 0 radical (unpaired) electrons. The number of carbonyl (C=O) groups is 3. The zero-order valence-corrected chi connectivity index (χ0v) is 46.1. The fourth-order valence-electron chi connectivity index (χ4n) is 9.00. The average Bonchev–Trinajstić information content (AvgIpc) is 3.42. The molecular weight excluding hydrogens is 937 g/mol. The Morgan fingerprint density at radius 2 is 0.947 bits per heavy atom. The minimum atomic E-state index is -0.637. The molecule has 0 fully saturated rings. The van der Waals surface area contributed by atoms with E-state index in [1.54, 1.807) is 42.5 Å². The number of nitrogens with zero attached hydrogens (tertiary/aromatic N) is 2. The summed E-state index contributed by atoms with van der Waals surface area (Å²) in [5, 5.41) is 0. The van der Waals surface area contributed by atoms with Gasteiger partial charge in [0.25, 0.3) is 0 Å². The Balaban J connectivity index is 1.00. The van der Waals surface area contributed by atoms with Crippen LogP contribution in [0.2, 0.25) is 0 Å². The van der Waals surface area contributed by atoms with Crippen LogP contribution in [0.1, 0.15) is 221 Å². The van der Waals surface area contributed by atoms with E-state index in [0.29, 0.717) is 36.7 Å². The normalized spacial score (nSPS) is 11.5. The molecule has 0 N–H and O–H groups in total. The highest BCUT2D eigenvalue weighted by Gasteiger charge is 2.20. The maximum absolute atomic E-state index is 13.6. The van der Waals surface area contributed by atoms with E-state index in [4.69, 9.17) is 23.7 Å². The van der Waals surface area contributed by atoms with Crippen molar-refractivity contribution in [1.82, 2.24) is 9.97 Å². The number of hydrogen-bond donors (Lipinski definition) is 0. The number of ether oxygens (including phenoxy) is 5. The molecule has 75 heavy (non-hydrogen) atoms. The lowest BCUT2D eigenvalue weighted by molar-refractivity contribution is -0.134. The van der Waals surface area contributed by atoms with Crippen LogP contribution in [-0.2, 0) is 16.0 Å². The van der Waals surface area contributed by atoms with Crippen LogP contribution in [0.15, 0.2) is 103 Å². The molecule has 0 bridgehead atoms. The first-order valence-electron chi connectivity index (χ1n) is 28.9. The first-order valence-corrected chi connectivity index (χ1v) is 28.9. The van der Waals surface area contributed by atoms with Crippen LogP contribution < -0.4 is 18.9 Å². The highest BCUT2D eigenvalue weighted by molar-refractivity contribution is 5.95. The van der Waals surface area contributed by atoms with Gasteiger partial charge in [0.15, 0.2) is 5.82 Å². The van der Waals surface area contributed by atoms with E-state index >= 15 is 0 Å². The molecule has 10 heteroatoms. The number of unbranched alkanes of at least 4 members (excludes halogenated alkanes) is 20. The molecule has 5 aromatic rings. The van der Waals surface area contributed by atoms with Gasteiger partial charge in [0.05, 0.1) is 24.9 Å². The lowest BCUT2D eigenvalue weighted by Crippen LogP contribution is -2.15. The Hall–Kier alpha value is -6.03. The Morgan fingerprint density at radius 3 is 1.55 bits per heavy atom. The number of benzene rings is 4. The van der Waals surface area contributed by atoms with Crippen LogP contribution in [0.4, 0.5) is 0 Å². The zero-order valence-electron chi connectivity index (χ0n) is 46.1. The van der Waals surface area contributed by atoms with Gasteiger partial charge in [0.1, 0.15) is 28.6 Å². The smallest absolute Gasteiger partial charge is 0.347 e. The van der Waals surface area contributed by atoms with Crippen LogP contribution in [0.25, 0.3) is 22.5 Å². The van der Waals surface area contributed by atoms with Gasteiger partial charge in [-0.15, -0.1) is 0 Å². The summed E-state index contributed by atoms with van der Waals surface area (Å²) < 4.78 is 29.4. The number of aryl methyl sites for hydroxylation is 1. The summed E-state index contributed by atoms with van der Waals surface area (Å²) in [5.41, 5.74) is 4.65. The minimum absolute atomic E-state index is 0.126. The van der Waals surface area contributed by atoms with Gasteiger partial charge in [-0.1, -0.05) is 167 Å². The van der Waals surface area contributed by atoms with Crippen molar-refractivity contribution in [3.63, 3.8) is 0 Å². The zero-order chi connectivity index (χ0) is 53.1. The van der Waals surface area contributed by atoms with Crippen LogP contribution in [0.5, 0.6) is 23.0 Å². The summed E-state index contributed by atoms with van der Waals surface area (Å²) in [7, 11) is 0. The van der Waals surface area contributed by atoms with E-state index in [2.05, 4.69) is 30.7 Å². The third-order valence-electron chi connectivity index (χ3n) is 13.6. The predicted molar refractivity (Wildman–Crippen MR) is 303 cm³/mol. The summed E-state index contributed by atoms with van der Waals surface area (Å²) in [6.45, 7) is 9.80. The molecule has 1 atom stereocenters. The Labute approximate surface area is 450 Å². The number of carbonyl (C=O) groups excluding carboxylic acids is 3. The SMILES string of the molecule is CCCCCCCCOc1ccc(C(=O)Oc2ccc(-c3ccc(C(=O)O[C@H](C)CCCCCC)cc3)cc2)c(OC(=O)CCCCCCCCCCOc2ccc(-c3ncc(CCCCCCCC)cn3)cc2)c1. The molecule has 0 aliphatic rings. The molecule has 5 rings (SSSR count). The van der Waals surface area contributed by atoms with E-state index in [1.807, 2.05) is 67.8 Å². The molecule has 10 nitrogen and oxygen atoms in total. The lowest BCUT2D eigenvalue weighted by Gasteiger charge is -2.14. The predicted octanol–water partition coefficient (Wildman–Crippen LogP) is 17.7. The second-order valence-corrected chi connectivity index (χ2v) is 20.2. The van der Waals surface area contributed by atoms with Crippen molar-refractivity contribution in [2.45, 2.75) is 207 Å². The van der Waals surface area contributed by atoms with Gasteiger partial charge in [-0.3, -0.25) is 4.79 Å². The van der Waals surface area contributed by atoms with E-state index in [1.165, 1.54) is 82.6 Å². The largest absolute Gasteiger partial charge is 0.494 e. The molecule has 1 heterocycles. The molecule has 406 valence electrons. The van der Waals surface area contributed by atoms with Crippen LogP contribution in [-0.4, -0.2) is 47.2 Å². The van der Waals surface area contributed by atoms with Crippen molar-refractivity contribution in [2.24, 2.45) is 0 Å². The monoisotopic (exact) mass is 1020 g/mol. The average molecular weight is 1030 g/mol. The van der Waals surface area contributed by atoms with E-state index in [-0.39, 0.29) is 29.8 Å². The van der Waals surface area contributed by atoms with Crippen molar-refractivity contribution in [3.8, 4) is 45.5 Å². The third kappa shape index (κ3) is 23.6. The Kier molecular flexibility index (Phi) is 28.8. The van der Waals surface area contributed by atoms with Gasteiger partial charge in [0.2, 0.25) is 0 Å². The van der Waals surface area contributed by atoms with Crippen LogP contribution in [0.3, 0.4) is 0 Å². The second-order valence-electron chi connectivity index (χ2n) is 20.2. The summed E-state index contributed by atoms with van der Waals surface area (Å²) in [5.74, 6) is 1.26. The molecule has 4 aromatic carbocycles. The van der Waals surface area contributed by atoms with Crippen molar-refractivity contribution < 1.29 is 38.1 Å².